The normalized spacial score (nSPS) is 17.1. The molecule has 1 saturated carbocycles. The third kappa shape index (κ3) is 2.97. The van der Waals surface area contributed by atoms with Crippen molar-refractivity contribution < 1.29 is 4.42 Å². The van der Waals surface area contributed by atoms with Crippen molar-refractivity contribution in [2.24, 2.45) is 0 Å². The van der Waals surface area contributed by atoms with Crippen molar-refractivity contribution in [1.29, 1.82) is 0 Å². The minimum atomic E-state index is 0.129. The predicted molar refractivity (Wildman–Crippen MR) is 67.0 cm³/mol. The van der Waals surface area contributed by atoms with Crippen LogP contribution < -0.4 is 10.2 Å². The summed E-state index contributed by atoms with van der Waals surface area (Å²) in [5.41, 5.74) is 0. The number of aromatic nitrogens is 2. The van der Waals surface area contributed by atoms with E-state index in [9.17, 15) is 0 Å². The molecule has 1 aromatic rings. The van der Waals surface area contributed by atoms with Crippen LogP contribution in [0.1, 0.15) is 52.0 Å². The predicted octanol–water partition coefficient (Wildman–Crippen LogP) is 2.12. The summed E-state index contributed by atoms with van der Waals surface area (Å²) in [5, 5.41) is 11.6. The fraction of sp³-hybridized carbons (Fsp3) is 0.833. The van der Waals surface area contributed by atoms with E-state index in [1.165, 1.54) is 12.8 Å². The molecule has 1 aliphatic rings. The SMILES string of the molecule is CCCN(c1nnc(C(C)NCC)o1)C1CC1. The average molecular weight is 238 g/mol. The molecule has 1 fully saturated rings. The number of nitrogens with one attached hydrogen (secondary N) is 1. The van der Waals surface area contributed by atoms with Crippen molar-refractivity contribution in [1.82, 2.24) is 15.5 Å². The molecule has 5 nitrogen and oxygen atoms in total. The van der Waals surface area contributed by atoms with Crippen molar-refractivity contribution in [3.63, 3.8) is 0 Å². The van der Waals surface area contributed by atoms with Crippen molar-refractivity contribution in [3.8, 4) is 0 Å². The molecule has 1 heterocycles. The van der Waals surface area contributed by atoms with Crippen molar-refractivity contribution in [3.05, 3.63) is 5.89 Å². The van der Waals surface area contributed by atoms with Crippen LogP contribution in [0.5, 0.6) is 0 Å². The van der Waals surface area contributed by atoms with Gasteiger partial charge in [-0.1, -0.05) is 18.9 Å². The van der Waals surface area contributed by atoms with Gasteiger partial charge in [0.1, 0.15) is 0 Å². The summed E-state index contributed by atoms with van der Waals surface area (Å²) in [4.78, 5) is 2.25. The van der Waals surface area contributed by atoms with Crippen LogP contribution in [0.3, 0.4) is 0 Å². The van der Waals surface area contributed by atoms with E-state index in [0.717, 1.165) is 19.5 Å². The van der Waals surface area contributed by atoms with Crippen molar-refractivity contribution in [2.45, 2.75) is 52.1 Å². The Hall–Kier alpha value is -1.10. The van der Waals surface area contributed by atoms with Gasteiger partial charge in [-0.3, -0.25) is 0 Å². The lowest BCUT2D eigenvalue weighted by atomic mass is 10.3. The van der Waals surface area contributed by atoms with Gasteiger partial charge in [-0.2, -0.15) is 0 Å². The van der Waals surface area contributed by atoms with Gasteiger partial charge in [0.05, 0.1) is 6.04 Å². The molecule has 0 aromatic carbocycles. The summed E-state index contributed by atoms with van der Waals surface area (Å²) in [6.07, 6.45) is 3.61. The highest BCUT2D eigenvalue weighted by Gasteiger charge is 2.32. The van der Waals surface area contributed by atoms with E-state index in [1.54, 1.807) is 0 Å². The first-order chi connectivity index (χ1) is 8.26. The van der Waals surface area contributed by atoms with Gasteiger partial charge in [-0.05, 0) is 32.7 Å². The first-order valence-electron chi connectivity index (χ1n) is 6.59. The zero-order valence-electron chi connectivity index (χ0n) is 10.9. The van der Waals surface area contributed by atoms with E-state index in [4.69, 9.17) is 4.42 Å². The minimum absolute atomic E-state index is 0.129. The Morgan fingerprint density at radius 2 is 2.18 bits per heavy atom. The summed E-state index contributed by atoms with van der Waals surface area (Å²) in [6, 6.07) is 1.44. The van der Waals surface area contributed by atoms with Gasteiger partial charge in [0, 0.05) is 12.6 Å². The molecule has 1 unspecified atom stereocenters. The molecule has 0 saturated heterocycles. The van der Waals surface area contributed by atoms with Crippen molar-refractivity contribution in [2.75, 3.05) is 18.0 Å². The number of rotatable bonds is 7. The van der Waals surface area contributed by atoms with Gasteiger partial charge < -0.3 is 14.6 Å². The molecule has 17 heavy (non-hydrogen) atoms. The van der Waals surface area contributed by atoms with E-state index in [1.807, 2.05) is 6.92 Å². The number of anilines is 1. The van der Waals surface area contributed by atoms with Crippen LogP contribution in [0.25, 0.3) is 0 Å². The largest absolute Gasteiger partial charge is 0.406 e. The van der Waals surface area contributed by atoms with Crippen molar-refractivity contribution >= 4 is 6.01 Å². The highest BCUT2D eigenvalue weighted by Crippen LogP contribution is 2.31. The quantitative estimate of drug-likeness (QED) is 0.788. The van der Waals surface area contributed by atoms with Crippen LogP contribution in [0.4, 0.5) is 6.01 Å². The van der Waals surface area contributed by atoms with Gasteiger partial charge in [0.2, 0.25) is 5.89 Å². The second-order valence-electron chi connectivity index (χ2n) is 4.63. The molecule has 0 spiro atoms. The molecular weight excluding hydrogens is 216 g/mol. The summed E-state index contributed by atoms with van der Waals surface area (Å²) >= 11 is 0. The standard InChI is InChI=1S/C12H22N4O/c1-4-8-16(10-6-7-10)12-15-14-11(17-12)9(3)13-5-2/h9-10,13H,4-8H2,1-3H3. The second-order valence-corrected chi connectivity index (χ2v) is 4.63. The van der Waals surface area contributed by atoms with Crippen LogP contribution >= 0.6 is 0 Å². The van der Waals surface area contributed by atoms with Gasteiger partial charge in [0.15, 0.2) is 0 Å². The Balaban J connectivity index is 2.04. The molecule has 1 atom stereocenters. The molecule has 5 heteroatoms. The molecule has 0 bridgehead atoms. The first-order valence-corrected chi connectivity index (χ1v) is 6.59. The van der Waals surface area contributed by atoms with E-state index < -0.39 is 0 Å². The Labute approximate surface area is 103 Å². The molecule has 96 valence electrons. The topological polar surface area (TPSA) is 54.2 Å². The maximum Gasteiger partial charge on any atom is 0.318 e. The van der Waals surface area contributed by atoms with Crippen LogP contribution in [-0.4, -0.2) is 29.3 Å². The van der Waals surface area contributed by atoms with Crippen LogP contribution in [0, 0.1) is 0 Å². The van der Waals surface area contributed by atoms with E-state index >= 15 is 0 Å². The molecule has 0 radical (unpaired) electrons. The number of hydrogen-bond acceptors (Lipinski definition) is 5. The van der Waals surface area contributed by atoms with E-state index in [2.05, 4.69) is 34.3 Å². The fourth-order valence-electron chi connectivity index (χ4n) is 1.97. The first kappa shape index (κ1) is 12.4. The molecule has 1 aromatic heterocycles. The second kappa shape index (κ2) is 5.49. The fourth-order valence-corrected chi connectivity index (χ4v) is 1.97. The van der Waals surface area contributed by atoms with E-state index in [-0.39, 0.29) is 6.04 Å². The van der Waals surface area contributed by atoms with Gasteiger partial charge in [0.25, 0.3) is 0 Å². The zero-order chi connectivity index (χ0) is 12.3. The molecule has 1 N–H and O–H groups in total. The molecule has 0 aliphatic heterocycles. The number of hydrogen-bond donors (Lipinski definition) is 1. The van der Waals surface area contributed by atoms with Gasteiger partial charge in [-0.25, -0.2) is 0 Å². The molecule has 0 amide bonds. The van der Waals surface area contributed by atoms with Gasteiger partial charge >= 0.3 is 6.01 Å². The molecular formula is C12H22N4O. The Morgan fingerprint density at radius 1 is 1.41 bits per heavy atom. The lowest BCUT2D eigenvalue weighted by molar-refractivity contribution is 0.417. The maximum atomic E-state index is 5.76. The van der Waals surface area contributed by atoms with E-state index in [0.29, 0.717) is 17.9 Å². The van der Waals surface area contributed by atoms with Crippen LogP contribution in [-0.2, 0) is 0 Å². The third-order valence-corrected chi connectivity index (χ3v) is 3.01. The zero-order valence-corrected chi connectivity index (χ0v) is 10.9. The smallest absolute Gasteiger partial charge is 0.318 e. The average Bonchev–Trinajstić information content (AvgIpc) is 3.03. The molecule has 1 aliphatic carbocycles. The Bertz CT molecular complexity index is 348. The molecule has 2 rings (SSSR count). The summed E-state index contributed by atoms with van der Waals surface area (Å²) in [7, 11) is 0. The summed E-state index contributed by atoms with van der Waals surface area (Å²) < 4.78 is 5.76. The highest BCUT2D eigenvalue weighted by atomic mass is 16.4. The maximum absolute atomic E-state index is 5.76. The van der Waals surface area contributed by atoms with Crippen LogP contribution in [0.2, 0.25) is 0 Å². The Morgan fingerprint density at radius 3 is 2.76 bits per heavy atom. The van der Waals surface area contributed by atoms with Gasteiger partial charge in [-0.15, -0.1) is 5.10 Å². The Kier molecular flexibility index (Phi) is 3.99. The summed E-state index contributed by atoms with van der Waals surface area (Å²) in [5.74, 6) is 0.684. The minimum Gasteiger partial charge on any atom is -0.406 e. The monoisotopic (exact) mass is 238 g/mol. The third-order valence-electron chi connectivity index (χ3n) is 3.01. The summed E-state index contributed by atoms with van der Waals surface area (Å²) in [6.45, 7) is 8.19. The lowest BCUT2D eigenvalue weighted by Gasteiger charge is -2.18. The lowest BCUT2D eigenvalue weighted by Crippen LogP contribution is -2.26. The number of nitrogens with zero attached hydrogens (tertiary/aromatic N) is 3. The highest BCUT2D eigenvalue weighted by molar-refractivity contribution is 5.29. The van der Waals surface area contributed by atoms with Crippen LogP contribution in [0.15, 0.2) is 4.42 Å².